The fourth-order valence-electron chi connectivity index (χ4n) is 2.54. The van der Waals surface area contributed by atoms with E-state index in [4.69, 9.17) is 4.74 Å². The molecule has 136 valence electrons. The van der Waals surface area contributed by atoms with E-state index in [0.717, 1.165) is 17.1 Å². The first-order chi connectivity index (χ1) is 12.6. The first-order valence-corrected chi connectivity index (χ1v) is 10.6. The number of hydrogen-bond donors (Lipinski definition) is 1. The van der Waals surface area contributed by atoms with Crippen molar-refractivity contribution < 1.29 is 14.3 Å². The summed E-state index contributed by atoms with van der Waals surface area (Å²) in [4.78, 5) is 24.4. The minimum absolute atomic E-state index is 0.308. The molecule has 0 radical (unpaired) electrons. The first-order valence-electron chi connectivity index (χ1n) is 8.49. The van der Waals surface area contributed by atoms with Crippen LogP contribution in [0, 0.1) is 0 Å². The SMILES string of the molecule is CC(OC(=O)c1ccc(C2SCCS2)cc1)C(=O)NCc1ccccc1. The Hall–Kier alpha value is -1.92. The summed E-state index contributed by atoms with van der Waals surface area (Å²) in [6, 6.07) is 17.1. The molecule has 1 atom stereocenters. The molecule has 1 aliphatic heterocycles. The van der Waals surface area contributed by atoms with E-state index in [2.05, 4.69) is 5.32 Å². The third-order valence-corrected chi connectivity index (χ3v) is 7.11. The quantitative estimate of drug-likeness (QED) is 0.759. The molecule has 0 spiro atoms. The minimum Gasteiger partial charge on any atom is -0.449 e. The van der Waals surface area contributed by atoms with Gasteiger partial charge in [-0.25, -0.2) is 4.79 Å². The molecule has 1 amide bonds. The van der Waals surface area contributed by atoms with Gasteiger partial charge in [0, 0.05) is 18.1 Å². The zero-order valence-electron chi connectivity index (χ0n) is 14.5. The average Bonchev–Trinajstić information content (AvgIpc) is 3.21. The van der Waals surface area contributed by atoms with Crippen molar-refractivity contribution >= 4 is 35.4 Å². The highest BCUT2D eigenvalue weighted by atomic mass is 32.2. The number of nitrogens with one attached hydrogen (secondary N) is 1. The van der Waals surface area contributed by atoms with Crippen molar-refractivity contribution in [3.05, 3.63) is 71.3 Å². The molecule has 0 aliphatic carbocycles. The number of rotatable bonds is 6. The van der Waals surface area contributed by atoms with Crippen molar-refractivity contribution in [3.63, 3.8) is 0 Å². The van der Waals surface area contributed by atoms with Crippen molar-refractivity contribution in [2.75, 3.05) is 11.5 Å². The van der Waals surface area contributed by atoms with Crippen LogP contribution in [0.3, 0.4) is 0 Å². The summed E-state index contributed by atoms with van der Waals surface area (Å²) in [5.41, 5.74) is 2.67. The highest BCUT2D eigenvalue weighted by Crippen LogP contribution is 2.45. The maximum Gasteiger partial charge on any atom is 0.338 e. The zero-order valence-corrected chi connectivity index (χ0v) is 16.1. The van der Waals surface area contributed by atoms with Gasteiger partial charge in [-0.3, -0.25) is 4.79 Å². The van der Waals surface area contributed by atoms with Gasteiger partial charge in [-0.1, -0.05) is 42.5 Å². The van der Waals surface area contributed by atoms with E-state index < -0.39 is 12.1 Å². The van der Waals surface area contributed by atoms with Crippen LogP contribution < -0.4 is 5.32 Å². The van der Waals surface area contributed by atoms with Crippen LogP contribution in [0.15, 0.2) is 54.6 Å². The van der Waals surface area contributed by atoms with Gasteiger partial charge < -0.3 is 10.1 Å². The van der Waals surface area contributed by atoms with E-state index in [1.54, 1.807) is 19.1 Å². The molecule has 1 aliphatic rings. The fourth-order valence-corrected chi connectivity index (χ4v) is 5.40. The summed E-state index contributed by atoms with van der Waals surface area (Å²) in [6.45, 7) is 1.99. The van der Waals surface area contributed by atoms with Gasteiger partial charge in [-0.15, -0.1) is 23.5 Å². The number of esters is 1. The van der Waals surface area contributed by atoms with E-state index in [0.29, 0.717) is 16.7 Å². The Balaban J connectivity index is 1.50. The lowest BCUT2D eigenvalue weighted by atomic mass is 10.1. The number of carbonyl (C=O) groups is 2. The number of hydrogen-bond acceptors (Lipinski definition) is 5. The van der Waals surface area contributed by atoms with Gasteiger partial charge in [0.05, 0.1) is 10.1 Å². The van der Waals surface area contributed by atoms with E-state index in [-0.39, 0.29) is 5.91 Å². The van der Waals surface area contributed by atoms with E-state index >= 15 is 0 Å². The summed E-state index contributed by atoms with van der Waals surface area (Å²) >= 11 is 3.84. The molecule has 2 aromatic rings. The van der Waals surface area contributed by atoms with Crippen molar-refractivity contribution in [3.8, 4) is 0 Å². The molecule has 1 unspecified atom stereocenters. The molecule has 3 rings (SSSR count). The molecule has 6 heteroatoms. The van der Waals surface area contributed by atoms with Crippen molar-refractivity contribution in [1.82, 2.24) is 5.32 Å². The predicted molar refractivity (Wildman–Crippen MR) is 107 cm³/mol. The van der Waals surface area contributed by atoms with Gasteiger partial charge >= 0.3 is 5.97 Å². The topological polar surface area (TPSA) is 55.4 Å². The van der Waals surface area contributed by atoms with Gasteiger partial charge in [-0.05, 0) is 30.2 Å². The lowest BCUT2D eigenvalue weighted by Crippen LogP contribution is -2.35. The van der Waals surface area contributed by atoms with Crippen molar-refractivity contribution in [2.24, 2.45) is 0 Å². The molecule has 4 nitrogen and oxygen atoms in total. The van der Waals surface area contributed by atoms with Crippen LogP contribution in [0.2, 0.25) is 0 Å². The highest BCUT2D eigenvalue weighted by molar-refractivity contribution is 8.19. The summed E-state index contributed by atoms with van der Waals surface area (Å²) in [5, 5.41) is 2.78. The third-order valence-electron chi connectivity index (χ3n) is 4.00. The van der Waals surface area contributed by atoms with Crippen LogP contribution in [-0.2, 0) is 16.1 Å². The van der Waals surface area contributed by atoms with Gasteiger partial charge in [-0.2, -0.15) is 0 Å². The monoisotopic (exact) mass is 387 g/mol. The van der Waals surface area contributed by atoms with Gasteiger partial charge in [0.25, 0.3) is 5.91 Å². The molecule has 0 aromatic heterocycles. The molecule has 0 saturated carbocycles. The van der Waals surface area contributed by atoms with Crippen LogP contribution in [0.1, 0.15) is 33.0 Å². The maximum atomic E-state index is 12.3. The number of ether oxygens (including phenoxy) is 1. The van der Waals surface area contributed by atoms with Crippen LogP contribution >= 0.6 is 23.5 Å². The van der Waals surface area contributed by atoms with Crippen LogP contribution in [0.5, 0.6) is 0 Å². The normalized spacial score (nSPS) is 15.4. The van der Waals surface area contributed by atoms with Crippen LogP contribution in [0.25, 0.3) is 0 Å². The Morgan fingerprint density at radius 1 is 1.08 bits per heavy atom. The Kier molecular flexibility index (Phi) is 6.63. The van der Waals surface area contributed by atoms with Gasteiger partial charge in [0.15, 0.2) is 6.10 Å². The second-order valence-corrected chi connectivity index (χ2v) is 8.67. The van der Waals surface area contributed by atoms with Crippen LogP contribution in [-0.4, -0.2) is 29.5 Å². The molecule has 1 heterocycles. The lowest BCUT2D eigenvalue weighted by molar-refractivity contribution is -0.129. The van der Waals surface area contributed by atoms with E-state index in [1.807, 2.05) is 66.0 Å². The van der Waals surface area contributed by atoms with E-state index in [9.17, 15) is 9.59 Å². The zero-order chi connectivity index (χ0) is 18.4. The number of thioether (sulfide) groups is 2. The molecular weight excluding hydrogens is 366 g/mol. The average molecular weight is 388 g/mol. The third kappa shape index (κ3) is 5.05. The first kappa shape index (κ1) is 18.9. The van der Waals surface area contributed by atoms with Gasteiger partial charge in [0.1, 0.15) is 0 Å². The number of benzene rings is 2. The maximum absolute atomic E-state index is 12.3. The summed E-state index contributed by atoms with van der Waals surface area (Å²) in [5.74, 6) is 1.53. The van der Waals surface area contributed by atoms with Gasteiger partial charge in [0.2, 0.25) is 0 Å². The van der Waals surface area contributed by atoms with E-state index in [1.165, 1.54) is 5.56 Å². The molecule has 1 saturated heterocycles. The molecule has 1 fully saturated rings. The number of carbonyl (C=O) groups excluding carboxylic acids is 2. The largest absolute Gasteiger partial charge is 0.449 e. The van der Waals surface area contributed by atoms with Crippen LogP contribution in [0.4, 0.5) is 0 Å². The standard InChI is InChI=1S/C20H21NO3S2/c1-14(18(22)21-13-15-5-3-2-4-6-15)24-19(23)16-7-9-17(10-8-16)20-25-11-12-26-20/h2-10,14,20H,11-13H2,1H3,(H,21,22). The molecule has 26 heavy (non-hydrogen) atoms. The van der Waals surface area contributed by atoms with Crippen molar-refractivity contribution in [2.45, 2.75) is 24.2 Å². The second kappa shape index (κ2) is 9.14. The lowest BCUT2D eigenvalue weighted by Gasteiger charge is -2.14. The second-order valence-electron chi connectivity index (χ2n) is 5.95. The number of amides is 1. The predicted octanol–water partition coefficient (Wildman–Crippen LogP) is 4.03. The summed E-state index contributed by atoms with van der Waals surface area (Å²) in [6.07, 6.45) is -0.841. The summed E-state index contributed by atoms with van der Waals surface area (Å²) < 4.78 is 5.74. The Morgan fingerprint density at radius 2 is 1.73 bits per heavy atom. The smallest absolute Gasteiger partial charge is 0.338 e. The fraction of sp³-hybridized carbons (Fsp3) is 0.300. The highest BCUT2D eigenvalue weighted by Gasteiger charge is 2.21. The Labute approximate surface area is 162 Å². The van der Waals surface area contributed by atoms with Crippen molar-refractivity contribution in [1.29, 1.82) is 0 Å². The Morgan fingerprint density at radius 3 is 2.38 bits per heavy atom. The minimum atomic E-state index is -0.841. The molecule has 2 aromatic carbocycles. The molecule has 0 bridgehead atoms. The molecular formula is C20H21NO3S2. The molecule has 1 N–H and O–H groups in total. The summed E-state index contributed by atoms with van der Waals surface area (Å²) in [7, 11) is 0. The Bertz CT molecular complexity index is 743.